The fourth-order valence-electron chi connectivity index (χ4n) is 3.10. The van der Waals surface area contributed by atoms with E-state index < -0.39 is 6.04 Å². The van der Waals surface area contributed by atoms with Crippen LogP contribution in [0.3, 0.4) is 0 Å². The molecular weight excluding hydrogens is 376 g/mol. The number of nitrogens with zero attached hydrogens (tertiary/aromatic N) is 2. The van der Waals surface area contributed by atoms with Crippen molar-refractivity contribution in [2.24, 2.45) is 17.6 Å². The third kappa shape index (κ3) is 6.25. The highest BCUT2D eigenvalue weighted by Crippen LogP contribution is 2.30. The molecule has 0 unspecified atom stereocenters. The lowest BCUT2D eigenvalue weighted by Crippen LogP contribution is -2.51. The van der Waals surface area contributed by atoms with Gasteiger partial charge in [-0.1, -0.05) is 34.1 Å². The third-order valence-electron chi connectivity index (χ3n) is 5.24. The zero-order valence-corrected chi connectivity index (χ0v) is 19.0. The van der Waals surface area contributed by atoms with E-state index in [1.54, 1.807) is 17.3 Å². The molecule has 0 saturated heterocycles. The van der Waals surface area contributed by atoms with Crippen LogP contribution in [0, 0.1) is 11.8 Å². The van der Waals surface area contributed by atoms with E-state index in [0.717, 1.165) is 11.4 Å². The van der Waals surface area contributed by atoms with Crippen LogP contribution < -0.4 is 11.1 Å². The average Bonchev–Trinajstić information content (AvgIpc) is 3.17. The van der Waals surface area contributed by atoms with E-state index >= 15 is 0 Å². The predicted octanol–water partition coefficient (Wildman–Crippen LogP) is 2.83. The molecule has 0 bridgehead atoms. The predicted molar refractivity (Wildman–Crippen MR) is 113 cm³/mol. The highest BCUT2D eigenvalue weighted by Gasteiger charge is 2.32. The smallest absolute Gasteiger partial charge is 0.270 e. The minimum Gasteiger partial charge on any atom is -0.371 e. The van der Waals surface area contributed by atoms with Crippen molar-refractivity contribution in [2.45, 2.75) is 65.6 Å². The Labute approximate surface area is 173 Å². The highest BCUT2D eigenvalue weighted by molar-refractivity contribution is 7.09. The number of carbonyl (C=O) groups excluding carboxylic acids is 2. The van der Waals surface area contributed by atoms with Crippen molar-refractivity contribution in [3.8, 4) is 0 Å². The van der Waals surface area contributed by atoms with Gasteiger partial charge in [0.2, 0.25) is 5.91 Å². The molecule has 1 aromatic heterocycles. The molecular formula is C20H36N4O3S. The Balaban J connectivity index is 3.03. The second-order valence-corrected chi connectivity index (χ2v) is 8.39. The van der Waals surface area contributed by atoms with E-state index in [0.29, 0.717) is 18.7 Å². The van der Waals surface area contributed by atoms with Crippen molar-refractivity contribution < 1.29 is 14.3 Å². The largest absolute Gasteiger partial charge is 0.371 e. The van der Waals surface area contributed by atoms with E-state index in [1.165, 1.54) is 11.3 Å². The Morgan fingerprint density at radius 2 is 1.96 bits per heavy atom. The summed E-state index contributed by atoms with van der Waals surface area (Å²) >= 11 is 1.40. The Morgan fingerprint density at radius 3 is 2.46 bits per heavy atom. The van der Waals surface area contributed by atoms with Crippen molar-refractivity contribution >= 4 is 23.2 Å². The monoisotopic (exact) mass is 412 g/mol. The fourth-order valence-corrected chi connectivity index (χ4v) is 3.96. The maximum absolute atomic E-state index is 12.9. The third-order valence-corrected chi connectivity index (χ3v) is 6.17. The number of nitrogens with one attached hydrogen (secondary N) is 1. The van der Waals surface area contributed by atoms with Gasteiger partial charge in [0.25, 0.3) is 5.91 Å². The number of rotatable bonds is 11. The van der Waals surface area contributed by atoms with Crippen molar-refractivity contribution in [1.82, 2.24) is 15.2 Å². The number of hydrogen-bond acceptors (Lipinski definition) is 6. The molecule has 0 spiro atoms. The molecule has 0 saturated carbocycles. The topological polar surface area (TPSA) is 97.6 Å². The molecule has 0 radical (unpaired) electrons. The molecule has 0 aliphatic rings. The van der Waals surface area contributed by atoms with Crippen LogP contribution >= 0.6 is 11.3 Å². The van der Waals surface area contributed by atoms with E-state index in [-0.39, 0.29) is 35.8 Å². The van der Waals surface area contributed by atoms with Crippen LogP contribution in [0.4, 0.5) is 0 Å². The average molecular weight is 413 g/mol. The van der Waals surface area contributed by atoms with Crippen LogP contribution in [0.5, 0.6) is 0 Å². The second kappa shape index (κ2) is 11.5. The van der Waals surface area contributed by atoms with Crippen LogP contribution in [0.2, 0.25) is 0 Å². The number of amides is 2. The first-order valence-corrected chi connectivity index (χ1v) is 10.9. The van der Waals surface area contributed by atoms with E-state index in [4.69, 9.17) is 10.5 Å². The van der Waals surface area contributed by atoms with Crippen LogP contribution in [-0.2, 0) is 9.53 Å². The Bertz CT molecular complexity index is 635. The van der Waals surface area contributed by atoms with Gasteiger partial charge in [0.1, 0.15) is 16.8 Å². The SMILES string of the molecule is CCO[C@H](C[C@H](C(C)C)N(C)C(=O)[C@@H](N)[C@@H](C)CC)c1nc(C(=O)NC)cs1. The van der Waals surface area contributed by atoms with E-state index in [2.05, 4.69) is 24.1 Å². The first kappa shape index (κ1) is 24.5. The zero-order chi connectivity index (χ0) is 21.4. The van der Waals surface area contributed by atoms with Crippen LogP contribution in [0.25, 0.3) is 0 Å². The first-order chi connectivity index (χ1) is 13.2. The summed E-state index contributed by atoms with van der Waals surface area (Å²) < 4.78 is 5.94. The molecule has 4 atom stereocenters. The minimum atomic E-state index is -0.512. The number of nitrogens with two attached hydrogens (primary N) is 1. The molecule has 28 heavy (non-hydrogen) atoms. The molecule has 3 N–H and O–H groups in total. The van der Waals surface area contributed by atoms with Crippen LogP contribution in [0.15, 0.2) is 5.38 Å². The number of ether oxygens (including phenoxy) is 1. The number of aromatic nitrogens is 1. The van der Waals surface area contributed by atoms with Crippen LogP contribution in [-0.4, -0.2) is 54.5 Å². The number of likely N-dealkylation sites (N-methyl/N-ethyl adjacent to an activating group) is 1. The molecule has 0 aromatic carbocycles. The summed E-state index contributed by atoms with van der Waals surface area (Å²) in [7, 11) is 3.40. The summed E-state index contributed by atoms with van der Waals surface area (Å²) in [5.74, 6) is 0.0809. The van der Waals surface area contributed by atoms with Crippen molar-refractivity contribution in [3.05, 3.63) is 16.1 Å². The molecule has 1 heterocycles. The standard InChI is InChI=1S/C20H36N4O3S/c1-8-13(5)17(21)20(26)24(7)15(12(3)4)10-16(27-9-2)19-23-14(11-28-19)18(25)22-6/h11-13,15-17H,8-10,21H2,1-7H3,(H,22,25)/t13-,15+,16+,17-/m0/s1. The van der Waals surface area contributed by atoms with Gasteiger partial charge in [0.15, 0.2) is 0 Å². The summed E-state index contributed by atoms with van der Waals surface area (Å²) in [5, 5.41) is 5.07. The molecule has 0 aliphatic carbocycles. The second-order valence-electron chi connectivity index (χ2n) is 7.50. The molecule has 7 nitrogen and oxygen atoms in total. The maximum atomic E-state index is 12.9. The molecule has 1 aromatic rings. The number of hydrogen-bond donors (Lipinski definition) is 2. The van der Waals surface area contributed by atoms with Crippen LogP contribution in [0.1, 0.15) is 69.1 Å². The fraction of sp³-hybridized carbons (Fsp3) is 0.750. The zero-order valence-electron chi connectivity index (χ0n) is 18.2. The summed E-state index contributed by atoms with van der Waals surface area (Å²) in [4.78, 5) is 30.9. The summed E-state index contributed by atoms with van der Waals surface area (Å²) in [6.45, 7) is 10.7. The molecule has 160 valence electrons. The lowest BCUT2D eigenvalue weighted by molar-refractivity contribution is -0.136. The lowest BCUT2D eigenvalue weighted by Gasteiger charge is -2.36. The molecule has 0 fully saturated rings. The normalized spacial score (nSPS) is 15.8. The van der Waals surface area contributed by atoms with Gasteiger partial charge >= 0.3 is 0 Å². The maximum Gasteiger partial charge on any atom is 0.270 e. The molecule has 0 aliphatic heterocycles. The summed E-state index contributed by atoms with van der Waals surface area (Å²) in [6, 6.07) is -0.562. The van der Waals surface area contributed by atoms with E-state index in [1.807, 2.05) is 27.8 Å². The van der Waals surface area contributed by atoms with Gasteiger partial charge in [-0.15, -0.1) is 11.3 Å². The van der Waals surface area contributed by atoms with Gasteiger partial charge in [-0.05, 0) is 18.8 Å². The van der Waals surface area contributed by atoms with E-state index in [9.17, 15) is 9.59 Å². The Morgan fingerprint density at radius 1 is 1.32 bits per heavy atom. The quantitative estimate of drug-likeness (QED) is 0.582. The van der Waals surface area contributed by atoms with Crippen molar-refractivity contribution in [2.75, 3.05) is 20.7 Å². The molecule has 2 amide bonds. The molecule has 8 heteroatoms. The highest BCUT2D eigenvalue weighted by atomic mass is 32.1. The van der Waals surface area contributed by atoms with Gasteiger partial charge in [0, 0.05) is 38.5 Å². The number of thiazole rings is 1. The van der Waals surface area contributed by atoms with Gasteiger partial charge in [0.05, 0.1) is 6.04 Å². The summed E-state index contributed by atoms with van der Waals surface area (Å²) in [5.41, 5.74) is 6.57. The van der Waals surface area contributed by atoms with Crippen molar-refractivity contribution in [1.29, 1.82) is 0 Å². The Kier molecular flexibility index (Phi) is 10.1. The summed E-state index contributed by atoms with van der Waals surface area (Å²) in [6.07, 6.45) is 1.17. The Hall–Kier alpha value is -1.51. The molecule has 1 rings (SSSR count). The van der Waals surface area contributed by atoms with Gasteiger partial charge in [-0.3, -0.25) is 9.59 Å². The van der Waals surface area contributed by atoms with Gasteiger partial charge in [-0.25, -0.2) is 4.98 Å². The lowest BCUT2D eigenvalue weighted by atomic mass is 9.93. The van der Waals surface area contributed by atoms with Gasteiger partial charge < -0.3 is 20.7 Å². The van der Waals surface area contributed by atoms with Crippen molar-refractivity contribution in [3.63, 3.8) is 0 Å². The number of carbonyl (C=O) groups is 2. The van der Waals surface area contributed by atoms with Gasteiger partial charge in [-0.2, -0.15) is 0 Å². The minimum absolute atomic E-state index is 0.0477. The first-order valence-electron chi connectivity index (χ1n) is 9.99.